The first-order valence-electron chi connectivity index (χ1n) is 4.79. The number of hydrogen-bond donors (Lipinski definition) is 0. The van der Waals surface area contributed by atoms with Gasteiger partial charge >= 0.3 is 0 Å². The normalized spacial score (nSPS) is 13.6. The summed E-state index contributed by atoms with van der Waals surface area (Å²) in [6.45, 7) is 1.78. The van der Waals surface area contributed by atoms with Gasteiger partial charge in [0, 0.05) is 26.8 Å². The average molecular weight is 325 g/mol. The van der Waals surface area contributed by atoms with Crippen LogP contribution < -0.4 is 0 Å². The molecule has 90 valence electrons. The summed E-state index contributed by atoms with van der Waals surface area (Å²) in [7, 11) is -4.34. The van der Waals surface area contributed by atoms with Crippen molar-refractivity contribution in [3.05, 3.63) is 28.7 Å². The van der Waals surface area contributed by atoms with Crippen LogP contribution >= 0.6 is 15.9 Å². The summed E-state index contributed by atoms with van der Waals surface area (Å²) in [6.07, 6.45) is 0. The fraction of sp³-hybridized carbons (Fsp3) is 0.400. The van der Waals surface area contributed by atoms with Crippen LogP contribution in [-0.4, -0.2) is 29.9 Å². The van der Waals surface area contributed by atoms with Crippen LogP contribution in [0, 0.1) is 0 Å². The quantitative estimate of drug-likeness (QED) is 0.832. The maximum absolute atomic E-state index is 11.8. The number of hydrogen-bond acceptors (Lipinski definition) is 3. The van der Waals surface area contributed by atoms with Crippen molar-refractivity contribution in [1.82, 2.24) is 0 Å². The largest absolute Gasteiger partial charge is 0.260 e. The first kappa shape index (κ1) is 13.9. The van der Waals surface area contributed by atoms with Crippen LogP contribution in [0.25, 0.3) is 0 Å². The Hall–Kier alpha value is -0.200. The summed E-state index contributed by atoms with van der Waals surface area (Å²) < 4.78 is 35.6. The highest BCUT2D eigenvalue weighted by Crippen LogP contribution is 2.15. The summed E-state index contributed by atoms with van der Waals surface area (Å²) in [6, 6.07) is 6.47. The number of halogens is 1. The Kier molecular flexibility index (Phi) is 5.14. The zero-order valence-corrected chi connectivity index (χ0v) is 12.1. The first-order chi connectivity index (χ1) is 7.45. The molecule has 0 aromatic heterocycles. The number of benzene rings is 1. The average Bonchev–Trinajstić information content (AvgIpc) is 2.26. The lowest BCUT2D eigenvalue weighted by Crippen LogP contribution is -2.14. The molecule has 0 fully saturated rings. The molecule has 1 atom stereocenters. The van der Waals surface area contributed by atoms with Crippen LogP contribution in [-0.2, 0) is 20.6 Å². The molecule has 0 amide bonds. The zero-order valence-electron chi connectivity index (χ0n) is 8.85. The Morgan fingerprint density at radius 1 is 1.25 bits per heavy atom. The summed E-state index contributed by atoms with van der Waals surface area (Å²) in [4.78, 5) is 0.281. The van der Waals surface area contributed by atoms with E-state index in [1.165, 1.54) is 0 Å². The van der Waals surface area contributed by atoms with Crippen molar-refractivity contribution >= 4 is 36.6 Å². The van der Waals surface area contributed by atoms with Gasteiger partial charge in [-0.1, -0.05) is 22.9 Å². The lowest BCUT2D eigenvalue weighted by Gasteiger charge is -2.03. The molecule has 16 heavy (non-hydrogen) atoms. The highest BCUT2D eigenvalue weighted by atomic mass is 79.9. The molecule has 1 rings (SSSR count). The first-order valence-corrected chi connectivity index (χ1v) is 8.72. The molecule has 3 nitrogen and oxygen atoms in total. The Balaban J connectivity index is 2.78. The van der Waals surface area contributed by atoms with E-state index in [-0.39, 0.29) is 16.4 Å². The van der Waals surface area contributed by atoms with Crippen LogP contribution in [0.1, 0.15) is 6.92 Å². The molecular weight excluding hydrogens is 312 g/mol. The Labute approximate surface area is 107 Å². The summed E-state index contributed by atoms with van der Waals surface area (Å²) in [5.74, 6) is 0.639. The third-order valence-electron chi connectivity index (χ3n) is 2.07. The van der Waals surface area contributed by atoms with Crippen molar-refractivity contribution in [2.24, 2.45) is 0 Å². The fourth-order valence-electron chi connectivity index (χ4n) is 1.11. The van der Waals surface area contributed by atoms with Gasteiger partial charge in [0.05, 0.1) is 10.6 Å². The Morgan fingerprint density at radius 2 is 1.81 bits per heavy atom. The molecule has 0 saturated carbocycles. The third-order valence-corrected chi connectivity index (χ3v) is 5.90. The topological polar surface area (TPSA) is 51.2 Å². The minimum atomic E-state index is -3.30. The van der Waals surface area contributed by atoms with E-state index in [1.807, 2.05) is 0 Å². The summed E-state index contributed by atoms with van der Waals surface area (Å²) >= 11 is 3.24. The predicted octanol–water partition coefficient (Wildman–Crippen LogP) is 1.99. The van der Waals surface area contributed by atoms with Crippen LogP contribution in [0.3, 0.4) is 0 Å². The molecule has 0 aliphatic rings. The predicted molar refractivity (Wildman–Crippen MR) is 69.7 cm³/mol. The van der Waals surface area contributed by atoms with Crippen molar-refractivity contribution in [3.63, 3.8) is 0 Å². The van der Waals surface area contributed by atoms with Gasteiger partial charge in [-0.3, -0.25) is 4.21 Å². The maximum Gasteiger partial charge on any atom is 0.179 e. The molecule has 0 heterocycles. The van der Waals surface area contributed by atoms with Crippen LogP contribution in [0.2, 0.25) is 0 Å². The van der Waals surface area contributed by atoms with Gasteiger partial charge < -0.3 is 0 Å². The molecule has 0 spiro atoms. The SMILES string of the molecule is CC[S@](=O)CCS(=O)(=O)c1ccc(Br)cc1. The Morgan fingerprint density at radius 3 is 2.31 bits per heavy atom. The summed E-state index contributed by atoms with van der Waals surface area (Å²) in [5.41, 5.74) is 0. The second kappa shape index (κ2) is 5.93. The molecule has 0 unspecified atom stereocenters. The van der Waals surface area contributed by atoms with Gasteiger partial charge in [-0.15, -0.1) is 0 Å². The van der Waals surface area contributed by atoms with Crippen molar-refractivity contribution < 1.29 is 12.6 Å². The second-order valence-corrected chi connectivity index (χ2v) is 8.10. The van der Waals surface area contributed by atoms with E-state index in [4.69, 9.17) is 0 Å². The van der Waals surface area contributed by atoms with E-state index in [2.05, 4.69) is 15.9 Å². The maximum atomic E-state index is 11.8. The van der Waals surface area contributed by atoms with Crippen LogP contribution in [0.4, 0.5) is 0 Å². The smallest absolute Gasteiger partial charge is 0.179 e. The van der Waals surface area contributed by atoms with E-state index < -0.39 is 20.6 Å². The van der Waals surface area contributed by atoms with Crippen LogP contribution in [0.5, 0.6) is 0 Å². The van der Waals surface area contributed by atoms with Gasteiger partial charge in [-0.25, -0.2) is 8.42 Å². The van der Waals surface area contributed by atoms with Gasteiger partial charge in [-0.05, 0) is 24.3 Å². The molecule has 0 saturated heterocycles. The lowest BCUT2D eigenvalue weighted by atomic mass is 10.4. The molecule has 1 aromatic carbocycles. The monoisotopic (exact) mass is 324 g/mol. The summed E-state index contributed by atoms with van der Waals surface area (Å²) in [5, 5.41) is 0. The molecule has 1 aromatic rings. The third kappa shape index (κ3) is 3.99. The van der Waals surface area contributed by atoms with Gasteiger partial charge in [0.2, 0.25) is 0 Å². The Bertz CT molecular complexity index is 465. The van der Waals surface area contributed by atoms with E-state index in [1.54, 1.807) is 31.2 Å². The standard InChI is InChI=1S/C10H13BrO3S2/c1-2-15(12)7-8-16(13,14)10-5-3-9(11)4-6-10/h3-6H,2,7-8H2,1H3/t15-/m0/s1. The molecule has 0 bridgehead atoms. The van der Waals surface area contributed by atoms with Crippen molar-refractivity contribution in [3.8, 4) is 0 Å². The molecule has 0 N–H and O–H groups in total. The minimum Gasteiger partial charge on any atom is -0.260 e. The van der Waals surface area contributed by atoms with Crippen molar-refractivity contribution in [1.29, 1.82) is 0 Å². The fourth-order valence-corrected chi connectivity index (χ4v) is 4.07. The van der Waals surface area contributed by atoms with E-state index >= 15 is 0 Å². The van der Waals surface area contributed by atoms with E-state index in [9.17, 15) is 12.6 Å². The molecule has 0 radical (unpaired) electrons. The van der Waals surface area contributed by atoms with Crippen LogP contribution in [0.15, 0.2) is 33.6 Å². The van der Waals surface area contributed by atoms with E-state index in [0.717, 1.165) is 4.47 Å². The highest BCUT2D eigenvalue weighted by molar-refractivity contribution is 9.10. The molecule has 0 aliphatic heterocycles. The zero-order chi connectivity index (χ0) is 12.2. The van der Waals surface area contributed by atoms with Gasteiger partial charge in [0.15, 0.2) is 9.84 Å². The van der Waals surface area contributed by atoms with Gasteiger partial charge in [-0.2, -0.15) is 0 Å². The highest BCUT2D eigenvalue weighted by Gasteiger charge is 2.15. The second-order valence-electron chi connectivity index (χ2n) is 3.21. The molecule has 6 heteroatoms. The van der Waals surface area contributed by atoms with Crippen molar-refractivity contribution in [2.75, 3.05) is 17.3 Å². The van der Waals surface area contributed by atoms with Crippen molar-refractivity contribution in [2.45, 2.75) is 11.8 Å². The molecular formula is C10H13BrO3S2. The number of rotatable bonds is 5. The number of sulfone groups is 1. The minimum absolute atomic E-state index is 0.0604. The lowest BCUT2D eigenvalue weighted by molar-refractivity contribution is 0.597. The van der Waals surface area contributed by atoms with Gasteiger partial charge in [0.25, 0.3) is 0 Å². The van der Waals surface area contributed by atoms with Gasteiger partial charge in [0.1, 0.15) is 0 Å². The van der Waals surface area contributed by atoms with E-state index in [0.29, 0.717) is 5.75 Å². The molecule has 0 aliphatic carbocycles.